The molecule has 10 unspecified atom stereocenters. The average molecular weight is 311 g/mol. The largest absolute Gasteiger partial charge is 0.0622 e. The summed E-state index contributed by atoms with van der Waals surface area (Å²) < 4.78 is 0. The molecule has 0 heteroatoms. The van der Waals surface area contributed by atoms with E-state index in [1.54, 1.807) is 64.2 Å². The summed E-state index contributed by atoms with van der Waals surface area (Å²) in [5.74, 6) is 13.3. The van der Waals surface area contributed by atoms with Crippen LogP contribution in [0.25, 0.3) is 0 Å². The summed E-state index contributed by atoms with van der Waals surface area (Å²) in [5.41, 5.74) is 0.973. The van der Waals surface area contributed by atoms with E-state index in [1.807, 2.05) is 0 Å². The normalized spacial score (nSPS) is 68.2. The minimum absolute atomic E-state index is 0.973. The van der Waals surface area contributed by atoms with Gasteiger partial charge >= 0.3 is 0 Å². The molecule has 0 aromatic carbocycles. The van der Waals surface area contributed by atoms with E-state index in [0.29, 0.717) is 0 Å². The predicted octanol–water partition coefficient (Wildman–Crippen LogP) is 5.77. The van der Waals surface area contributed by atoms with Gasteiger partial charge < -0.3 is 0 Å². The van der Waals surface area contributed by atoms with Crippen LogP contribution in [0.2, 0.25) is 0 Å². The monoisotopic (exact) mass is 310 g/mol. The van der Waals surface area contributed by atoms with Crippen molar-refractivity contribution >= 4 is 0 Å². The van der Waals surface area contributed by atoms with Gasteiger partial charge in [-0.05, 0) is 96.2 Å². The second-order valence-electron chi connectivity index (χ2n) is 11.2. The second kappa shape index (κ2) is 4.04. The maximum absolute atomic E-state index is 2.59. The summed E-state index contributed by atoms with van der Waals surface area (Å²) in [5, 5.41) is 0. The van der Waals surface area contributed by atoms with Gasteiger partial charge in [-0.1, -0.05) is 45.4 Å². The Morgan fingerprint density at radius 2 is 1.30 bits per heavy atom. The Morgan fingerprint density at radius 3 is 2.04 bits per heavy atom. The van der Waals surface area contributed by atoms with Gasteiger partial charge in [0.15, 0.2) is 0 Å². The van der Waals surface area contributed by atoms with Crippen molar-refractivity contribution in [3.05, 3.63) is 0 Å². The molecule has 0 aromatic rings. The lowest BCUT2D eigenvalue weighted by Crippen LogP contribution is -2.69. The lowest BCUT2D eigenvalue weighted by Gasteiger charge is -2.73. The van der Waals surface area contributed by atoms with Gasteiger partial charge in [0.2, 0.25) is 0 Å². The average Bonchev–Trinajstić information content (AvgIpc) is 3.04. The Kier molecular flexibility index (Phi) is 2.33. The fourth-order valence-electron chi connectivity index (χ4n) is 11.0. The van der Waals surface area contributed by atoms with Gasteiger partial charge in [-0.2, -0.15) is 0 Å². The van der Waals surface area contributed by atoms with Gasteiger partial charge in [0.05, 0.1) is 0 Å². The van der Waals surface area contributed by atoms with Crippen LogP contribution in [-0.4, -0.2) is 0 Å². The number of hydrogen-bond donors (Lipinski definition) is 0. The van der Waals surface area contributed by atoms with Crippen molar-refractivity contribution in [2.45, 2.75) is 71.1 Å². The van der Waals surface area contributed by atoms with Crippen LogP contribution in [0.5, 0.6) is 0 Å². The summed E-state index contributed by atoms with van der Waals surface area (Å²) in [6, 6.07) is 0. The van der Waals surface area contributed by atoms with Crippen LogP contribution >= 0.6 is 0 Å². The van der Waals surface area contributed by atoms with E-state index < -0.39 is 0 Å². The van der Waals surface area contributed by atoms with Crippen LogP contribution < -0.4 is 0 Å². The van der Waals surface area contributed by atoms with E-state index in [9.17, 15) is 0 Å². The van der Waals surface area contributed by atoms with Crippen LogP contribution in [0.15, 0.2) is 0 Å². The fourth-order valence-corrected chi connectivity index (χ4v) is 11.0. The van der Waals surface area contributed by atoms with Crippen molar-refractivity contribution in [2.24, 2.45) is 70.5 Å². The molecule has 0 nitrogen and oxygen atoms in total. The number of rotatable bonds is 2. The van der Waals surface area contributed by atoms with E-state index in [4.69, 9.17) is 0 Å². The van der Waals surface area contributed by atoms with E-state index in [-0.39, 0.29) is 0 Å². The van der Waals surface area contributed by atoms with Gasteiger partial charge in [0.25, 0.3) is 0 Å². The molecular weight excluding hydrogens is 276 g/mol. The van der Waals surface area contributed by atoms with Crippen molar-refractivity contribution < 1.29 is 0 Å². The highest BCUT2D eigenvalue weighted by molar-refractivity contribution is 5.34. The molecule has 0 saturated heterocycles. The number of hydrogen-bond acceptors (Lipinski definition) is 0. The summed E-state index contributed by atoms with van der Waals surface area (Å²) in [6.07, 6.45) is 16.1. The molecule has 0 aromatic heterocycles. The molecule has 0 aliphatic heterocycles. The highest BCUT2D eigenvalue weighted by Gasteiger charge is 2.87. The van der Waals surface area contributed by atoms with Crippen LogP contribution in [-0.2, 0) is 0 Å². The third-order valence-electron chi connectivity index (χ3n) is 11.3. The molecule has 7 fully saturated rings. The third-order valence-corrected chi connectivity index (χ3v) is 11.3. The molecule has 0 heterocycles. The first kappa shape index (κ1) is 13.2. The molecule has 1 spiro atoms. The Labute approximate surface area is 142 Å². The van der Waals surface area contributed by atoms with Gasteiger partial charge in [-0.3, -0.25) is 0 Å². The van der Waals surface area contributed by atoms with Crippen molar-refractivity contribution in [3.63, 3.8) is 0 Å². The van der Waals surface area contributed by atoms with Gasteiger partial charge in [0, 0.05) is 0 Å². The molecule has 23 heavy (non-hydrogen) atoms. The molecule has 11 atom stereocenters. The highest BCUT2D eigenvalue weighted by atomic mass is 14.9. The fraction of sp³-hybridized carbons (Fsp3) is 1.00. The number of fused-ring (bicyclic) bond motifs is 3. The van der Waals surface area contributed by atoms with Crippen molar-refractivity contribution in [1.82, 2.24) is 0 Å². The summed E-state index contributed by atoms with van der Waals surface area (Å²) in [4.78, 5) is 0. The topological polar surface area (TPSA) is 0 Å². The molecule has 0 amide bonds. The second-order valence-corrected chi connectivity index (χ2v) is 11.2. The first-order valence-electron chi connectivity index (χ1n) is 11.3. The Balaban J connectivity index is 1.17. The lowest BCUT2D eigenvalue weighted by atomic mass is 9.31. The van der Waals surface area contributed by atoms with E-state index >= 15 is 0 Å². The lowest BCUT2D eigenvalue weighted by molar-refractivity contribution is -0.261. The first-order chi connectivity index (χ1) is 11.3. The van der Waals surface area contributed by atoms with Crippen molar-refractivity contribution in [2.75, 3.05) is 0 Å². The molecule has 7 aliphatic rings. The zero-order valence-electron chi connectivity index (χ0n) is 14.9. The quantitative estimate of drug-likeness (QED) is 0.607. The molecule has 7 saturated carbocycles. The van der Waals surface area contributed by atoms with Gasteiger partial charge in [0.1, 0.15) is 0 Å². The van der Waals surface area contributed by atoms with Crippen LogP contribution in [0.3, 0.4) is 0 Å². The van der Waals surface area contributed by atoms with E-state index in [1.165, 1.54) is 53.3 Å². The predicted molar refractivity (Wildman–Crippen MR) is 92.7 cm³/mol. The molecule has 126 valence electrons. The SMILES string of the molecule is C[C@H]1CCCC1C1C2C1C1CC3C(C4CCCC4)C4CCC2C143. The summed E-state index contributed by atoms with van der Waals surface area (Å²) in [7, 11) is 0. The molecule has 0 bridgehead atoms. The van der Waals surface area contributed by atoms with Crippen molar-refractivity contribution in [3.8, 4) is 0 Å². The zero-order valence-corrected chi connectivity index (χ0v) is 14.9. The third kappa shape index (κ3) is 1.25. The molecule has 7 rings (SSSR count). The Bertz CT molecular complexity index is 544. The Hall–Kier alpha value is 0. The van der Waals surface area contributed by atoms with Crippen molar-refractivity contribution in [1.29, 1.82) is 0 Å². The van der Waals surface area contributed by atoms with Gasteiger partial charge in [-0.25, -0.2) is 0 Å². The summed E-state index contributed by atoms with van der Waals surface area (Å²) in [6.45, 7) is 2.59. The Morgan fingerprint density at radius 1 is 0.609 bits per heavy atom. The molecule has 7 aliphatic carbocycles. The van der Waals surface area contributed by atoms with Crippen LogP contribution in [0.4, 0.5) is 0 Å². The first-order valence-corrected chi connectivity index (χ1v) is 11.3. The standard InChI is InChI=1S/C23H34/c1-12-5-4-8-14(12)20-21-16-10-9-15-19(13-6-2-3-7-13)17-11-18(22(20)21)23(15,16)17/h12-22H,2-11H2,1H3/t12-,14?,15?,16?,17?,18?,19?,20?,21?,22?,23?/m0/s1. The van der Waals surface area contributed by atoms with Crippen LogP contribution in [0, 0.1) is 70.5 Å². The molecule has 0 radical (unpaired) electrons. The van der Waals surface area contributed by atoms with Gasteiger partial charge in [-0.15, -0.1) is 0 Å². The minimum Gasteiger partial charge on any atom is -0.0622 e. The van der Waals surface area contributed by atoms with E-state index in [2.05, 4.69) is 6.92 Å². The summed E-state index contributed by atoms with van der Waals surface area (Å²) >= 11 is 0. The smallest absolute Gasteiger partial charge is 0.0173 e. The highest BCUT2D eigenvalue weighted by Crippen LogP contribution is 2.92. The molecular formula is C23H34. The zero-order chi connectivity index (χ0) is 14.9. The van der Waals surface area contributed by atoms with Crippen LogP contribution in [0.1, 0.15) is 71.1 Å². The molecule has 0 N–H and O–H groups in total. The maximum Gasteiger partial charge on any atom is -0.0173 e. The van der Waals surface area contributed by atoms with E-state index in [0.717, 1.165) is 17.3 Å². The maximum atomic E-state index is 2.59. The minimum atomic E-state index is 0.973.